The van der Waals surface area contributed by atoms with Crippen LogP contribution in [0.1, 0.15) is 0 Å². The molecule has 0 spiro atoms. The Labute approximate surface area is 77.5 Å². The monoisotopic (exact) mass is 159 g/mol. The molecule has 9 heteroatoms. The van der Waals surface area contributed by atoms with Gasteiger partial charge >= 0.3 is 36.2 Å². The molecule has 0 rings (SSSR count). The van der Waals surface area contributed by atoms with Crippen LogP contribution in [0.3, 0.4) is 0 Å². The Morgan fingerprint density at radius 2 is 1.40 bits per heavy atom. The predicted octanol–water partition coefficient (Wildman–Crippen LogP) is -3.35. The van der Waals surface area contributed by atoms with E-state index in [2.05, 4.69) is 0 Å². The molecule has 0 saturated heterocycles. The van der Waals surface area contributed by atoms with Crippen LogP contribution in [0.5, 0.6) is 0 Å². The van der Waals surface area contributed by atoms with Crippen molar-refractivity contribution in [3.05, 3.63) is 10.4 Å². The molecule has 0 amide bonds. The second-order valence-electron chi connectivity index (χ2n) is 1.02. The Kier molecular flexibility index (Phi) is 7.90. The summed E-state index contributed by atoms with van der Waals surface area (Å²) in [7, 11) is 0. The molecule has 0 saturated carbocycles. The van der Waals surface area contributed by atoms with Gasteiger partial charge in [-0.15, -0.1) is 0 Å². The van der Waals surface area contributed by atoms with Crippen LogP contribution < -0.4 is 29.6 Å². The van der Waals surface area contributed by atoms with Crippen LogP contribution in [-0.4, -0.2) is 26.8 Å². The van der Waals surface area contributed by atoms with Crippen molar-refractivity contribution in [3.63, 3.8) is 0 Å². The Bertz CT molecular complexity index is 128. The largest absolute Gasteiger partial charge is 1.00 e. The van der Waals surface area contributed by atoms with Gasteiger partial charge in [0.1, 0.15) is 0 Å². The van der Waals surface area contributed by atoms with Gasteiger partial charge in [-0.25, -0.2) is 0 Å². The molecule has 0 heterocycles. The molecule has 0 bridgehead atoms. The molecule has 0 atom stereocenters. The van der Waals surface area contributed by atoms with E-state index in [4.69, 9.17) is 10.4 Å². The van der Waals surface area contributed by atoms with Crippen molar-refractivity contribution >= 4 is 0 Å². The minimum atomic E-state index is -0.868. The maximum absolute atomic E-state index is 9.87. The van der Waals surface area contributed by atoms with Crippen molar-refractivity contribution in [3.8, 4) is 0 Å². The number of hydrogen-bond donors (Lipinski definition) is 2. The van der Waals surface area contributed by atoms with Gasteiger partial charge < -0.3 is 20.8 Å². The van der Waals surface area contributed by atoms with Gasteiger partial charge in [0.25, 0.3) is 0 Å². The van der Waals surface area contributed by atoms with E-state index >= 15 is 0 Å². The first-order chi connectivity index (χ1) is 4.20. The van der Waals surface area contributed by atoms with Crippen LogP contribution >= 0.6 is 0 Å². The van der Waals surface area contributed by atoms with Crippen molar-refractivity contribution in [2.75, 3.05) is 6.67 Å². The van der Waals surface area contributed by atoms with Crippen LogP contribution in [0.4, 0.5) is 0 Å². The molecule has 0 aliphatic rings. The molecule has 2 N–H and O–H groups in total. The van der Waals surface area contributed by atoms with E-state index in [1.165, 1.54) is 0 Å². The quantitative estimate of drug-likeness (QED) is 0.144. The summed E-state index contributed by atoms with van der Waals surface area (Å²) in [5, 5.41) is 39.1. The molecule has 0 fully saturated rings. The Morgan fingerprint density at radius 3 is 1.60 bits per heavy atom. The zero-order valence-electron chi connectivity index (χ0n) is 5.21. The molecule has 0 aromatic heterocycles. The normalized spacial score (nSPS) is 12.4. The smallest absolute Gasteiger partial charge is 0.592 e. The Morgan fingerprint density at radius 1 is 1.10 bits per heavy atom. The molecule has 0 radical (unpaired) electrons. The number of hydroxylamine groups is 2. The third-order valence-corrected chi connectivity index (χ3v) is 0.441. The topological polar surface area (TPSA) is 117 Å². The summed E-state index contributed by atoms with van der Waals surface area (Å²) in [5.74, 6) is 0. The standard InChI is InChI=1S/CH4N4O4.Na/c6-2-4(8)1-5(9)3-7;/h6-7H,1H2;/q;+1/b4-2-,5-3-;. The van der Waals surface area contributed by atoms with E-state index in [0.717, 1.165) is 0 Å². The van der Waals surface area contributed by atoms with Crippen molar-refractivity contribution in [1.82, 2.24) is 0 Å². The molecule has 10 heavy (non-hydrogen) atoms. The first kappa shape index (κ1) is 12.1. The third-order valence-electron chi connectivity index (χ3n) is 0.441. The summed E-state index contributed by atoms with van der Waals surface area (Å²) >= 11 is 0. The summed E-state index contributed by atoms with van der Waals surface area (Å²) in [5.41, 5.74) is 0. The molecule has 0 aromatic rings. The molecule has 0 aliphatic heterocycles. The van der Waals surface area contributed by atoms with Gasteiger partial charge in [-0.3, -0.25) is 0 Å². The van der Waals surface area contributed by atoms with E-state index < -0.39 is 6.67 Å². The summed E-state index contributed by atoms with van der Waals surface area (Å²) in [4.78, 5) is -0.709. The van der Waals surface area contributed by atoms with Gasteiger partial charge in [0.05, 0.1) is 0 Å². The second kappa shape index (κ2) is 6.52. The first-order valence-electron chi connectivity index (χ1n) is 1.80. The molecule has 0 aromatic carbocycles. The average Bonchev–Trinajstić information content (AvgIpc) is 1.87. The number of rotatable bonds is 2. The minimum Gasteiger partial charge on any atom is -0.592 e. The minimum absolute atomic E-state index is 0. The van der Waals surface area contributed by atoms with Gasteiger partial charge in [-0.2, -0.15) is 0 Å². The van der Waals surface area contributed by atoms with Gasteiger partial charge in [0.15, 0.2) is 0 Å². The zero-order chi connectivity index (χ0) is 7.28. The molecule has 8 nitrogen and oxygen atoms in total. The van der Waals surface area contributed by atoms with Crippen LogP contribution in [0.25, 0.3) is 0 Å². The van der Waals surface area contributed by atoms with Crippen LogP contribution in [0.2, 0.25) is 0 Å². The fourth-order valence-electron chi connectivity index (χ4n) is 0.160. The predicted molar refractivity (Wildman–Crippen MR) is 20.6 cm³/mol. The molecule has 0 unspecified atom stereocenters. The Hall–Kier alpha value is -0.600. The van der Waals surface area contributed by atoms with Crippen LogP contribution in [0, 0.1) is 10.4 Å². The Balaban J connectivity index is 0. The summed E-state index contributed by atoms with van der Waals surface area (Å²) in [6.45, 7) is -0.868. The van der Waals surface area contributed by atoms with E-state index in [9.17, 15) is 10.4 Å². The fourth-order valence-corrected chi connectivity index (χ4v) is 0.160. The average molecular weight is 159 g/mol. The molecule has 0 aliphatic carbocycles. The number of nitrogens with zero attached hydrogens (tertiary/aromatic N) is 4. The zero-order valence-corrected chi connectivity index (χ0v) is 7.21. The maximum atomic E-state index is 9.87. The first-order valence-corrected chi connectivity index (χ1v) is 1.80. The van der Waals surface area contributed by atoms with E-state index in [0.29, 0.717) is 0 Å². The molecule has 52 valence electrons. The maximum Gasteiger partial charge on any atom is 1.00 e. The van der Waals surface area contributed by atoms with Gasteiger partial charge in [-0.05, 0) is 0 Å². The summed E-state index contributed by atoms with van der Waals surface area (Å²) < 4.78 is 0. The van der Waals surface area contributed by atoms with Crippen molar-refractivity contribution in [1.29, 1.82) is 0 Å². The summed E-state index contributed by atoms with van der Waals surface area (Å²) in [6, 6.07) is 0. The van der Waals surface area contributed by atoms with Gasteiger partial charge in [-0.1, -0.05) is 0 Å². The van der Waals surface area contributed by atoms with Gasteiger partial charge in [0, 0.05) is 9.72 Å². The van der Waals surface area contributed by atoms with Crippen LogP contribution in [-0.2, 0) is 0 Å². The second-order valence-corrected chi connectivity index (χ2v) is 1.02. The molecular weight excluding hydrogens is 155 g/mol. The van der Waals surface area contributed by atoms with Crippen molar-refractivity contribution < 1.29 is 49.7 Å². The summed E-state index contributed by atoms with van der Waals surface area (Å²) in [6.07, 6.45) is 0. The van der Waals surface area contributed by atoms with Crippen LogP contribution in [0.15, 0.2) is 10.6 Å². The van der Waals surface area contributed by atoms with Crippen molar-refractivity contribution in [2.24, 2.45) is 10.6 Å². The van der Waals surface area contributed by atoms with Crippen molar-refractivity contribution in [2.45, 2.75) is 0 Å². The third kappa shape index (κ3) is 5.54. The number of hydrogen-bond acceptors (Lipinski definition) is 4. The van der Waals surface area contributed by atoms with E-state index in [1.807, 2.05) is 10.6 Å². The van der Waals surface area contributed by atoms with E-state index in [1.54, 1.807) is 0 Å². The fraction of sp³-hybridized carbons (Fsp3) is 1.00. The van der Waals surface area contributed by atoms with E-state index in [-0.39, 0.29) is 39.3 Å². The van der Waals surface area contributed by atoms with Gasteiger partial charge in [0.2, 0.25) is 10.6 Å². The SMILES string of the molecule is [Na+].[O-]/[N+](C/[N+]([O-])=N/O)=N\O. The molecular formula is CH4N4NaO4+.